The zero-order valence-corrected chi connectivity index (χ0v) is 14.9. The van der Waals surface area contributed by atoms with Crippen molar-refractivity contribution in [2.45, 2.75) is 44.6 Å². The highest BCUT2D eigenvalue weighted by atomic mass is 127. The van der Waals surface area contributed by atoms with E-state index in [1.54, 1.807) is 7.05 Å². The summed E-state index contributed by atoms with van der Waals surface area (Å²) in [6.07, 6.45) is 6.93. The fourth-order valence-electron chi connectivity index (χ4n) is 3.13. The topological polar surface area (TPSA) is 56.7 Å². The molecular formula is C14H27IN4O. The lowest BCUT2D eigenvalue weighted by atomic mass is 9.88. The largest absolute Gasteiger partial charge is 0.359 e. The van der Waals surface area contributed by atoms with E-state index in [-0.39, 0.29) is 29.9 Å². The Morgan fingerprint density at radius 2 is 1.90 bits per heavy atom. The van der Waals surface area contributed by atoms with Crippen LogP contribution in [-0.2, 0) is 4.79 Å². The van der Waals surface area contributed by atoms with Crippen molar-refractivity contribution in [2.24, 2.45) is 10.9 Å². The predicted molar refractivity (Wildman–Crippen MR) is 92.5 cm³/mol. The number of nitrogens with one attached hydrogen (secondary N) is 2. The standard InChI is InChI=1S/C14H26N4O.HI/c1-15-14(16-2)17-12-8-9-18(10-12)13(19)11-6-4-3-5-7-11;/h11-12H,3-10H2,1-2H3,(H2,15,16,17);1H. The van der Waals surface area contributed by atoms with Crippen molar-refractivity contribution < 1.29 is 4.79 Å². The number of carbonyl (C=O) groups excluding carboxylic acids is 1. The minimum Gasteiger partial charge on any atom is -0.359 e. The zero-order chi connectivity index (χ0) is 13.7. The summed E-state index contributed by atoms with van der Waals surface area (Å²) in [5.74, 6) is 1.47. The number of amides is 1. The molecule has 116 valence electrons. The maximum atomic E-state index is 12.4. The van der Waals surface area contributed by atoms with E-state index in [4.69, 9.17) is 0 Å². The first-order chi connectivity index (χ1) is 9.24. The average Bonchev–Trinajstić information content (AvgIpc) is 2.93. The van der Waals surface area contributed by atoms with Gasteiger partial charge in [-0.25, -0.2) is 0 Å². The summed E-state index contributed by atoms with van der Waals surface area (Å²) in [5, 5.41) is 6.37. The summed E-state index contributed by atoms with van der Waals surface area (Å²) in [6, 6.07) is 0.332. The first kappa shape index (κ1) is 17.5. The number of hydrogen-bond donors (Lipinski definition) is 2. The van der Waals surface area contributed by atoms with Crippen LogP contribution >= 0.6 is 24.0 Å². The number of likely N-dealkylation sites (tertiary alicyclic amines) is 1. The van der Waals surface area contributed by atoms with Gasteiger partial charge in [0, 0.05) is 39.1 Å². The predicted octanol–water partition coefficient (Wildman–Crippen LogP) is 1.58. The van der Waals surface area contributed by atoms with Crippen LogP contribution in [0.4, 0.5) is 0 Å². The van der Waals surface area contributed by atoms with E-state index in [0.29, 0.717) is 11.9 Å². The molecule has 2 N–H and O–H groups in total. The number of halogens is 1. The normalized spacial score (nSPS) is 24.2. The first-order valence-electron chi connectivity index (χ1n) is 7.44. The molecule has 0 spiro atoms. The molecule has 1 saturated carbocycles. The van der Waals surface area contributed by atoms with E-state index in [1.807, 2.05) is 11.9 Å². The fraction of sp³-hybridized carbons (Fsp3) is 0.857. The molecule has 0 bridgehead atoms. The maximum Gasteiger partial charge on any atom is 0.225 e. The molecule has 0 aromatic heterocycles. The van der Waals surface area contributed by atoms with Crippen LogP contribution in [0.5, 0.6) is 0 Å². The van der Waals surface area contributed by atoms with E-state index in [2.05, 4.69) is 15.6 Å². The molecule has 2 fully saturated rings. The Kier molecular flexibility index (Phi) is 7.61. The van der Waals surface area contributed by atoms with Gasteiger partial charge in [0.15, 0.2) is 5.96 Å². The van der Waals surface area contributed by atoms with Crippen molar-refractivity contribution in [3.05, 3.63) is 0 Å². The highest BCUT2D eigenvalue weighted by Gasteiger charge is 2.31. The second-order valence-corrected chi connectivity index (χ2v) is 5.57. The highest BCUT2D eigenvalue weighted by molar-refractivity contribution is 14.0. The molecule has 1 aliphatic carbocycles. The van der Waals surface area contributed by atoms with Gasteiger partial charge in [-0.2, -0.15) is 0 Å². The molecule has 2 rings (SSSR count). The summed E-state index contributed by atoms with van der Waals surface area (Å²) in [5.41, 5.74) is 0. The van der Waals surface area contributed by atoms with E-state index in [9.17, 15) is 4.79 Å². The molecule has 1 aliphatic heterocycles. The molecule has 1 atom stereocenters. The Hall–Kier alpha value is -0.530. The summed E-state index contributed by atoms with van der Waals surface area (Å²) in [6.45, 7) is 1.70. The van der Waals surface area contributed by atoms with Gasteiger partial charge in [-0.15, -0.1) is 24.0 Å². The number of rotatable bonds is 2. The Bertz CT molecular complexity index is 342. The van der Waals surface area contributed by atoms with Crippen molar-refractivity contribution in [1.29, 1.82) is 0 Å². The van der Waals surface area contributed by atoms with Crippen LogP contribution in [0.2, 0.25) is 0 Å². The maximum absolute atomic E-state index is 12.4. The molecule has 0 aromatic carbocycles. The molecule has 1 heterocycles. The Labute approximate surface area is 139 Å². The Morgan fingerprint density at radius 3 is 2.50 bits per heavy atom. The fourth-order valence-corrected chi connectivity index (χ4v) is 3.13. The molecule has 5 nitrogen and oxygen atoms in total. The summed E-state index contributed by atoms with van der Waals surface area (Å²) < 4.78 is 0. The third kappa shape index (κ3) is 4.49. The SMILES string of the molecule is CN=C(NC)NC1CCN(C(=O)C2CCCCC2)C1.I. The van der Waals surface area contributed by atoms with E-state index < -0.39 is 0 Å². The third-order valence-corrected chi connectivity index (χ3v) is 4.26. The number of aliphatic imine (C=N–C) groups is 1. The van der Waals surface area contributed by atoms with Crippen LogP contribution in [0.3, 0.4) is 0 Å². The number of nitrogens with zero attached hydrogens (tertiary/aromatic N) is 2. The van der Waals surface area contributed by atoms with Gasteiger partial charge in [0.1, 0.15) is 0 Å². The lowest BCUT2D eigenvalue weighted by Gasteiger charge is -2.26. The number of guanidine groups is 1. The van der Waals surface area contributed by atoms with Gasteiger partial charge >= 0.3 is 0 Å². The molecule has 20 heavy (non-hydrogen) atoms. The lowest BCUT2D eigenvalue weighted by Crippen LogP contribution is -2.44. The second kappa shape index (κ2) is 8.69. The van der Waals surface area contributed by atoms with Crippen molar-refractivity contribution in [2.75, 3.05) is 27.2 Å². The molecule has 6 heteroatoms. The van der Waals surface area contributed by atoms with Crippen LogP contribution in [0.1, 0.15) is 38.5 Å². The quantitative estimate of drug-likeness (QED) is 0.425. The molecular weight excluding hydrogens is 367 g/mol. The minimum absolute atomic E-state index is 0. The van der Waals surface area contributed by atoms with E-state index in [0.717, 1.165) is 38.3 Å². The van der Waals surface area contributed by atoms with Gasteiger partial charge in [-0.1, -0.05) is 19.3 Å². The summed E-state index contributed by atoms with van der Waals surface area (Å²) in [7, 11) is 3.62. The monoisotopic (exact) mass is 394 g/mol. The number of carbonyl (C=O) groups is 1. The molecule has 1 saturated heterocycles. The Morgan fingerprint density at radius 1 is 1.20 bits per heavy atom. The average molecular weight is 394 g/mol. The summed E-state index contributed by atoms with van der Waals surface area (Å²) >= 11 is 0. The molecule has 1 amide bonds. The van der Waals surface area contributed by atoms with Crippen LogP contribution in [0, 0.1) is 5.92 Å². The van der Waals surface area contributed by atoms with Gasteiger partial charge in [0.25, 0.3) is 0 Å². The van der Waals surface area contributed by atoms with Crippen LogP contribution in [0.25, 0.3) is 0 Å². The van der Waals surface area contributed by atoms with Crippen LogP contribution < -0.4 is 10.6 Å². The minimum atomic E-state index is 0. The van der Waals surface area contributed by atoms with Gasteiger partial charge in [-0.3, -0.25) is 9.79 Å². The lowest BCUT2D eigenvalue weighted by molar-refractivity contribution is -0.135. The second-order valence-electron chi connectivity index (χ2n) is 5.57. The molecule has 1 unspecified atom stereocenters. The molecule has 0 radical (unpaired) electrons. The number of hydrogen-bond acceptors (Lipinski definition) is 2. The first-order valence-corrected chi connectivity index (χ1v) is 7.44. The van der Waals surface area contributed by atoms with Crippen LogP contribution in [0.15, 0.2) is 4.99 Å². The van der Waals surface area contributed by atoms with E-state index in [1.165, 1.54) is 19.3 Å². The van der Waals surface area contributed by atoms with Crippen LogP contribution in [-0.4, -0.2) is 50.0 Å². The molecule has 0 aromatic rings. The molecule has 2 aliphatic rings. The van der Waals surface area contributed by atoms with Gasteiger partial charge in [0.05, 0.1) is 0 Å². The van der Waals surface area contributed by atoms with Crippen molar-refractivity contribution in [3.63, 3.8) is 0 Å². The van der Waals surface area contributed by atoms with Crippen molar-refractivity contribution in [3.8, 4) is 0 Å². The van der Waals surface area contributed by atoms with Crippen molar-refractivity contribution in [1.82, 2.24) is 15.5 Å². The van der Waals surface area contributed by atoms with Crippen molar-refractivity contribution >= 4 is 35.8 Å². The van der Waals surface area contributed by atoms with Gasteiger partial charge < -0.3 is 15.5 Å². The van der Waals surface area contributed by atoms with E-state index >= 15 is 0 Å². The third-order valence-electron chi connectivity index (χ3n) is 4.26. The Balaban J connectivity index is 0.00000200. The van der Waals surface area contributed by atoms with Gasteiger partial charge in [0.2, 0.25) is 5.91 Å². The highest BCUT2D eigenvalue weighted by Crippen LogP contribution is 2.26. The smallest absolute Gasteiger partial charge is 0.225 e. The zero-order valence-electron chi connectivity index (χ0n) is 12.5. The van der Waals surface area contributed by atoms with Gasteiger partial charge in [-0.05, 0) is 19.3 Å². The summed E-state index contributed by atoms with van der Waals surface area (Å²) in [4.78, 5) is 18.6.